The van der Waals surface area contributed by atoms with Gasteiger partial charge in [-0.25, -0.2) is 4.79 Å². The van der Waals surface area contributed by atoms with Crippen LogP contribution >= 0.6 is 0 Å². The summed E-state index contributed by atoms with van der Waals surface area (Å²) in [7, 11) is -1.06. The minimum atomic E-state index is -1.06. The van der Waals surface area contributed by atoms with Gasteiger partial charge in [-0.1, -0.05) is 42.5 Å². The summed E-state index contributed by atoms with van der Waals surface area (Å²) in [5.41, 5.74) is 2.46. The fourth-order valence-corrected chi connectivity index (χ4v) is 4.19. The van der Waals surface area contributed by atoms with Gasteiger partial charge in [0.15, 0.2) is 6.10 Å². The van der Waals surface area contributed by atoms with Crippen molar-refractivity contribution in [2.75, 3.05) is 5.32 Å². The quantitative estimate of drug-likeness (QED) is 0.762. The van der Waals surface area contributed by atoms with E-state index in [1.165, 1.54) is 0 Å². The first kappa shape index (κ1) is 19.3. The third kappa shape index (κ3) is 5.48. The van der Waals surface area contributed by atoms with E-state index in [0.29, 0.717) is 30.0 Å². The number of amides is 1. The van der Waals surface area contributed by atoms with Gasteiger partial charge in [0.05, 0.1) is 0 Å². The molecule has 3 rings (SSSR count). The molecule has 0 aromatic heterocycles. The number of anilines is 1. The van der Waals surface area contributed by atoms with E-state index in [1.807, 2.05) is 36.4 Å². The molecule has 1 saturated heterocycles. The number of carboxylic acids is 1. The summed E-state index contributed by atoms with van der Waals surface area (Å²) in [5.74, 6) is -0.543. The van der Waals surface area contributed by atoms with E-state index in [9.17, 15) is 13.8 Å². The Kier molecular flexibility index (Phi) is 6.36. The maximum Gasteiger partial charge on any atom is 0.332 e. The molecule has 0 aliphatic carbocycles. The summed E-state index contributed by atoms with van der Waals surface area (Å²) in [5, 5.41) is 11.7. The van der Waals surface area contributed by atoms with E-state index in [-0.39, 0.29) is 5.91 Å². The van der Waals surface area contributed by atoms with Gasteiger partial charge in [0.1, 0.15) is 6.10 Å². The lowest BCUT2D eigenvalue weighted by Crippen LogP contribution is -2.29. The van der Waals surface area contributed by atoms with Gasteiger partial charge in [0, 0.05) is 28.0 Å². The summed E-state index contributed by atoms with van der Waals surface area (Å²) in [4.78, 5) is 23.2. The number of carbonyl (C=O) groups is 2. The van der Waals surface area contributed by atoms with Crippen molar-refractivity contribution >= 4 is 28.4 Å². The Balaban J connectivity index is 1.56. The first-order valence-corrected chi connectivity index (χ1v) is 10.2. The topological polar surface area (TPSA) is 92.7 Å². The molecule has 2 N–H and O–H groups in total. The fraction of sp³-hybridized carbons (Fsp3) is 0.300. The van der Waals surface area contributed by atoms with E-state index in [2.05, 4.69) is 5.32 Å². The van der Waals surface area contributed by atoms with Crippen LogP contribution in [-0.2, 0) is 36.6 Å². The lowest BCUT2D eigenvalue weighted by atomic mass is 10.1. The predicted molar refractivity (Wildman–Crippen MR) is 103 cm³/mol. The van der Waals surface area contributed by atoms with Crippen LogP contribution in [0.2, 0.25) is 0 Å². The van der Waals surface area contributed by atoms with Gasteiger partial charge >= 0.3 is 5.97 Å². The number of ether oxygens (including phenoxy) is 1. The maximum absolute atomic E-state index is 12.4. The molecule has 0 spiro atoms. The molecule has 0 radical (unpaired) electrons. The Morgan fingerprint density at radius 1 is 1.00 bits per heavy atom. The van der Waals surface area contributed by atoms with Crippen LogP contribution in [0.3, 0.4) is 0 Å². The van der Waals surface area contributed by atoms with Gasteiger partial charge in [0.25, 0.3) is 5.91 Å². The molecule has 2 aromatic rings. The predicted octanol–water partition coefficient (Wildman–Crippen LogP) is 2.71. The highest BCUT2D eigenvalue weighted by molar-refractivity contribution is 7.83. The maximum atomic E-state index is 12.4. The average Bonchev–Trinajstić information content (AvgIpc) is 3.13. The van der Waals surface area contributed by atoms with E-state index >= 15 is 0 Å². The molecule has 1 aliphatic heterocycles. The molecule has 1 aliphatic rings. The third-order valence-corrected chi connectivity index (χ3v) is 5.59. The summed E-state index contributed by atoms with van der Waals surface area (Å²) in [6.07, 6.45) is -0.982. The van der Waals surface area contributed by atoms with E-state index in [0.717, 1.165) is 11.1 Å². The first-order valence-electron chi connectivity index (χ1n) is 8.68. The van der Waals surface area contributed by atoms with Gasteiger partial charge in [-0.15, -0.1) is 0 Å². The van der Waals surface area contributed by atoms with E-state index in [1.54, 1.807) is 18.2 Å². The molecular weight excluding hydrogens is 366 g/mol. The molecule has 1 fully saturated rings. The molecule has 7 heteroatoms. The van der Waals surface area contributed by atoms with Crippen LogP contribution < -0.4 is 5.32 Å². The second-order valence-corrected chi connectivity index (χ2v) is 7.89. The molecule has 27 heavy (non-hydrogen) atoms. The molecule has 2 aromatic carbocycles. The van der Waals surface area contributed by atoms with Crippen LogP contribution in [0.5, 0.6) is 0 Å². The Morgan fingerprint density at radius 2 is 1.67 bits per heavy atom. The molecule has 1 heterocycles. The number of hydrogen-bond donors (Lipinski definition) is 2. The van der Waals surface area contributed by atoms with Crippen LogP contribution in [0.4, 0.5) is 5.69 Å². The van der Waals surface area contributed by atoms with Crippen molar-refractivity contribution in [2.45, 2.75) is 36.6 Å². The van der Waals surface area contributed by atoms with Crippen LogP contribution in [0.25, 0.3) is 0 Å². The minimum absolute atomic E-state index is 0.325. The Bertz CT molecular complexity index is 839. The zero-order valence-electron chi connectivity index (χ0n) is 14.7. The van der Waals surface area contributed by atoms with Crippen LogP contribution in [0, 0.1) is 0 Å². The molecule has 1 amide bonds. The van der Waals surface area contributed by atoms with Crippen molar-refractivity contribution in [2.24, 2.45) is 0 Å². The minimum Gasteiger partial charge on any atom is -0.479 e. The lowest BCUT2D eigenvalue weighted by molar-refractivity contribution is -0.150. The number of carboxylic acid groups (broad SMARTS) is 1. The van der Waals surface area contributed by atoms with Crippen molar-refractivity contribution in [3.63, 3.8) is 0 Å². The fourth-order valence-electron chi connectivity index (χ4n) is 2.97. The monoisotopic (exact) mass is 387 g/mol. The number of benzene rings is 2. The number of hydrogen-bond acceptors (Lipinski definition) is 4. The molecule has 3 atom stereocenters. The Labute approximate surface area is 160 Å². The Hall–Kier alpha value is -2.51. The molecule has 142 valence electrons. The summed E-state index contributed by atoms with van der Waals surface area (Å²) in [6, 6.07) is 16.8. The molecule has 0 bridgehead atoms. The van der Waals surface area contributed by atoms with Gasteiger partial charge in [-0.2, -0.15) is 0 Å². The largest absolute Gasteiger partial charge is 0.479 e. The number of carbonyl (C=O) groups excluding carboxylic acids is 1. The summed E-state index contributed by atoms with van der Waals surface area (Å²) < 4.78 is 17.6. The van der Waals surface area contributed by atoms with Crippen LogP contribution in [-0.4, -0.2) is 33.4 Å². The summed E-state index contributed by atoms with van der Waals surface area (Å²) in [6.45, 7) is 0. The Morgan fingerprint density at radius 3 is 2.37 bits per heavy atom. The zero-order chi connectivity index (χ0) is 19.2. The molecular formula is C20H21NO5S. The second-order valence-electron chi connectivity index (χ2n) is 6.43. The third-order valence-electron chi connectivity index (χ3n) is 4.28. The first-order chi connectivity index (χ1) is 13.0. The summed E-state index contributed by atoms with van der Waals surface area (Å²) >= 11 is 0. The highest BCUT2D eigenvalue weighted by Crippen LogP contribution is 2.22. The zero-order valence-corrected chi connectivity index (χ0v) is 15.5. The van der Waals surface area contributed by atoms with Gasteiger partial charge in [-0.05, 0) is 36.1 Å². The van der Waals surface area contributed by atoms with Crippen molar-refractivity contribution in [1.29, 1.82) is 0 Å². The van der Waals surface area contributed by atoms with E-state index in [4.69, 9.17) is 9.84 Å². The van der Waals surface area contributed by atoms with Crippen molar-refractivity contribution < 1.29 is 23.6 Å². The highest BCUT2D eigenvalue weighted by atomic mass is 32.2. The second kappa shape index (κ2) is 8.92. The normalized spacial score (nSPS) is 20.1. The van der Waals surface area contributed by atoms with E-state index < -0.39 is 29.0 Å². The molecule has 6 nitrogen and oxygen atoms in total. The van der Waals surface area contributed by atoms with Crippen LogP contribution in [0.1, 0.15) is 24.0 Å². The van der Waals surface area contributed by atoms with Gasteiger partial charge < -0.3 is 15.2 Å². The number of rotatable bonds is 7. The highest BCUT2D eigenvalue weighted by Gasteiger charge is 2.34. The van der Waals surface area contributed by atoms with Gasteiger partial charge in [-0.3, -0.25) is 9.00 Å². The molecule has 1 unspecified atom stereocenters. The average molecular weight is 387 g/mol. The smallest absolute Gasteiger partial charge is 0.332 e. The number of nitrogens with one attached hydrogen (secondary N) is 1. The van der Waals surface area contributed by atoms with Crippen LogP contribution in [0.15, 0.2) is 54.6 Å². The van der Waals surface area contributed by atoms with Gasteiger partial charge in [0.2, 0.25) is 0 Å². The SMILES string of the molecule is O=C(Nc1cccc(CS(=O)Cc2ccccc2)c1)[C@@H]1CC[C@H](C(=O)O)O1. The van der Waals surface area contributed by atoms with Crippen molar-refractivity contribution in [3.05, 3.63) is 65.7 Å². The molecule has 0 saturated carbocycles. The lowest BCUT2D eigenvalue weighted by Gasteiger charge is -2.12. The van der Waals surface area contributed by atoms with Crippen molar-refractivity contribution in [3.8, 4) is 0 Å². The number of aliphatic carboxylic acids is 1. The standard InChI is InChI=1S/C20H21NO5S/c22-19(17-9-10-18(26-17)20(23)24)21-16-8-4-7-15(11-16)13-27(25)12-14-5-2-1-3-6-14/h1-8,11,17-18H,9-10,12-13H2,(H,21,22)(H,23,24)/t17-,18+,27?/m0/s1. The van der Waals surface area contributed by atoms with Crippen molar-refractivity contribution in [1.82, 2.24) is 0 Å².